The third-order valence-corrected chi connectivity index (χ3v) is 12.1. The molecule has 69 heavy (non-hydrogen) atoms. The van der Waals surface area contributed by atoms with Gasteiger partial charge >= 0.3 is 17.9 Å². The maximum atomic E-state index is 12.9. The molecule has 0 N–H and O–H groups in total. The smallest absolute Gasteiger partial charge is 0.306 e. The van der Waals surface area contributed by atoms with Gasteiger partial charge in [-0.15, -0.1) is 0 Å². The molecule has 0 aromatic carbocycles. The Balaban J connectivity index is 4.50. The number of carbonyl (C=O) groups is 3. The molecule has 0 heterocycles. The monoisotopic (exact) mass is 959 g/mol. The summed E-state index contributed by atoms with van der Waals surface area (Å²) in [6.45, 7) is 6.44. The van der Waals surface area contributed by atoms with Gasteiger partial charge in [0.2, 0.25) is 0 Å². The van der Waals surface area contributed by atoms with Gasteiger partial charge in [0.1, 0.15) is 13.2 Å². The van der Waals surface area contributed by atoms with Crippen LogP contribution in [0.1, 0.15) is 265 Å². The molecule has 0 aromatic heterocycles. The Kier molecular flexibility index (Phi) is 53.9. The number of unbranched alkanes of at least 4 members (excludes halogenated alkanes) is 24. The number of carbonyl (C=O) groups excluding carboxylic acids is 3. The van der Waals surface area contributed by atoms with E-state index in [1.165, 1.54) is 116 Å². The molecule has 0 bridgehead atoms. The molecule has 0 amide bonds. The summed E-state index contributed by atoms with van der Waals surface area (Å²) in [4.78, 5) is 38.1. The largest absolute Gasteiger partial charge is 0.462 e. The van der Waals surface area contributed by atoms with E-state index in [9.17, 15) is 14.4 Å². The van der Waals surface area contributed by atoms with Crippen molar-refractivity contribution in [3.8, 4) is 0 Å². The van der Waals surface area contributed by atoms with Gasteiger partial charge in [0.05, 0.1) is 0 Å². The molecule has 0 saturated carbocycles. The first-order valence-corrected chi connectivity index (χ1v) is 28.7. The Bertz CT molecular complexity index is 1380. The van der Waals surface area contributed by atoms with Gasteiger partial charge in [0.25, 0.3) is 0 Å². The van der Waals surface area contributed by atoms with E-state index in [0.717, 1.165) is 103 Å². The van der Waals surface area contributed by atoms with Crippen LogP contribution < -0.4 is 0 Å². The number of esters is 3. The highest BCUT2D eigenvalue weighted by Gasteiger charge is 2.19. The van der Waals surface area contributed by atoms with Crippen molar-refractivity contribution < 1.29 is 28.6 Å². The second-order valence-corrected chi connectivity index (χ2v) is 18.8. The highest BCUT2D eigenvalue weighted by molar-refractivity contribution is 5.71. The summed E-state index contributed by atoms with van der Waals surface area (Å²) in [5.41, 5.74) is 0. The van der Waals surface area contributed by atoms with Crippen molar-refractivity contribution in [2.45, 2.75) is 271 Å². The fourth-order valence-corrected chi connectivity index (χ4v) is 7.78. The Morgan fingerprint density at radius 2 is 0.580 bits per heavy atom. The first-order valence-electron chi connectivity index (χ1n) is 28.7. The summed E-state index contributed by atoms with van der Waals surface area (Å²) in [5, 5.41) is 0. The van der Waals surface area contributed by atoms with Crippen LogP contribution in [-0.2, 0) is 28.6 Å². The zero-order valence-electron chi connectivity index (χ0n) is 45.0. The van der Waals surface area contributed by atoms with E-state index in [-0.39, 0.29) is 37.5 Å². The maximum absolute atomic E-state index is 12.9. The molecule has 394 valence electrons. The molecule has 0 spiro atoms. The van der Waals surface area contributed by atoms with Gasteiger partial charge < -0.3 is 14.2 Å². The molecule has 0 fully saturated rings. The van der Waals surface area contributed by atoms with Crippen LogP contribution in [0.2, 0.25) is 0 Å². The lowest BCUT2D eigenvalue weighted by atomic mass is 10.0. The quantitative estimate of drug-likeness (QED) is 0.0262. The fraction of sp³-hybridized carbons (Fsp3) is 0.698. The van der Waals surface area contributed by atoms with Crippen LogP contribution in [0, 0.1) is 0 Å². The zero-order valence-corrected chi connectivity index (χ0v) is 45.0. The number of hydrogen-bond acceptors (Lipinski definition) is 6. The zero-order chi connectivity index (χ0) is 50.0. The molecule has 1 atom stereocenters. The number of hydrogen-bond donors (Lipinski definition) is 0. The lowest BCUT2D eigenvalue weighted by Crippen LogP contribution is -2.30. The van der Waals surface area contributed by atoms with Crippen molar-refractivity contribution in [2.24, 2.45) is 0 Å². The summed E-state index contributed by atoms with van der Waals surface area (Å²) in [6.07, 6.45) is 75.4. The molecule has 0 aliphatic carbocycles. The SMILES string of the molecule is CC/C=C\C/C=C\C/C=C\C/C=C\CCCCCCC(=O)OC[C@H](COC(=O)CCC/C=C\C/C=C\C/C=C\C/C=C\CCCCC)OC(=O)CCCCCCCCCCCCCCCCCCC. The van der Waals surface area contributed by atoms with E-state index < -0.39 is 6.10 Å². The molecular weight excluding hydrogens is 853 g/mol. The van der Waals surface area contributed by atoms with Crippen molar-refractivity contribution in [1.82, 2.24) is 0 Å². The van der Waals surface area contributed by atoms with Crippen molar-refractivity contribution in [1.29, 1.82) is 0 Å². The van der Waals surface area contributed by atoms with Crippen molar-refractivity contribution in [3.05, 3.63) is 97.2 Å². The molecule has 0 saturated heterocycles. The normalized spacial score (nSPS) is 12.8. The van der Waals surface area contributed by atoms with E-state index >= 15 is 0 Å². The van der Waals surface area contributed by atoms with Gasteiger partial charge in [-0.1, -0.05) is 246 Å². The lowest BCUT2D eigenvalue weighted by molar-refractivity contribution is -0.167. The maximum Gasteiger partial charge on any atom is 0.306 e. The number of ether oxygens (including phenoxy) is 3. The minimum atomic E-state index is -0.809. The van der Waals surface area contributed by atoms with Crippen LogP contribution in [0.25, 0.3) is 0 Å². The Hall–Kier alpha value is -3.67. The van der Waals surface area contributed by atoms with Gasteiger partial charge in [-0.3, -0.25) is 14.4 Å². The van der Waals surface area contributed by atoms with Crippen LogP contribution in [0.15, 0.2) is 97.2 Å². The summed E-state index contributed by atoms with van der Waals surface area (Å²) in [5.74, 6) is -0.980. The van der Waals surface area contributed by atoms with Crippen LogP contribution in [0.3, 0.4) is 0 Å². The second-order valence-electron chi connectivity index (χ2n) is 18.8. The van der Waals surface area contributed by atoms with Gasteiger partial charge in [-0.2, -0.15) is 0 Å². The number of rotatable bonds is 51. The van der Waals surface area contributed by atoms with Gasteiger partial charge in [0, 0.05) is 19.3 Å². The summed E-state index contributed by atoms with van der Waals surface area (Å²) < 4.78 is 16.8. The fourth-order valence-electron chi connectivity index (χ4n) is 7.78. The molecule has 0 aromatic rings. The lowest BCUT2D eigenvalue weighted by Gasteiger charge is -2.18. The predicted octanol–water partition coefficient (Wildman–Crippen LogP) is 19.3. The van der Waals surface area contributed by atoms with Crippen molar-refractivity contribution >= 4 is 17.9 Å². The van der Waals surface area contributed by atoms with Gasteiger partial charge in [-0.25, -0.2) is 0 Å². The van der Waals surface area contributed by atoms with E-state index in [4.69, 9.17) is 14.2 Å². The average Bonchev–Trinajstić information content (AvgIpc) is 3.35. The highest BCUT2D eigenvalue weighted by atomic mass is 16.6. The third-order valence-electron chi connectivity index (χ3n) is 12.1. The average molecular weight is 960 g/mol. The van der Waals surface area contributed by atoms with Crippen LogP contribution in [0.5, 0.6) is 0 Å². The van der Waals surface area contributed by atoms with E-state index in [2.05, 4.69) is 118 Å². The molecule has 0 unspecified atom stereocenters. The standard InChI is InChI=1S/C63H106O6/c1-4-7-10-13-16-19-22-25-28-31-34-37-40-43-46-49-52-55-61(64)67-58-60(69-63(66)57-54-51-48-45-42-39-36-33-30-27-24-21-18-15-12-9-6-3)59-68-62(65)56-53-50-47-44-41-38-35-32-29-26-23-20-17-14-11-8-5-2/h7,10,16-17,19-20,25-26,28-29,34-35,37-38,44,47,60H,4-6,8-9,11-15,18,21-24,27,30-33,36,39-43,45-46,48-59H2,1-3H3/b10-7-,19-16-,20-17-,28-25-,29-26-,37-34-,38-35-,47-44-/t60-/m1/s1. The molecule has 0 aliphatic heterocycles. The summed E-state index contributed by atoms with van der Waals surface area (Å²) >= 11 is 0. The predicted molar refractivity (Wildman–Crippen MR) is 297 cm³/mol. The van der Waals surface area contributed by atoms with E-state index in [1.54, 1.807) is 0 Å². The van der Waals surface area contributed by atoms with Crippen LogP contribution in [0.4, 0.5) is 0 Å². The van der Waals surface area contributed by atoms with Gasteiger partial charge in [0.15, 0.2) is 6.10 Å². The minimum Gasteiger partial charge on any atom is -0.462 e. The second kappa shape index (κ2) is 56.9. The van der Waals surface area contributed by atoms with Gasteiger partial charge in [-0.05, 0) is 96.3 Å². The summed E-state index contributed by atoms with van der Waals surface area (Å²) in [7, 11) is 0. The first-order chi connectivity index (χ1) is 34.0. The first kappa shape index (κ1) is 65.3. The summed E-state index contributed by atoms with van der Waals surface area (Å²) in [6, 6.07) is 0. The van der Waals surface area contributed by atoms with E-state index in [0.29, 0.717) is 19.3 Å². The highest BCUT2D eigenvalue weighted by Crippen LogP contribution is 2.15. The molecular formula is C63H106O6. The van der Waals surface area contributed by atoms with Crippen LogP contribution >= 0.6 is 0 Å². The van der Waals surface area contributed by atoms with E-state index in [1.807, 2.05) is 0 Å². The third kappa shape index (κ3) is 55.1. The molecule has 6 heteroatoms. The van der Waals surface area contributed by atoms with Crippen molar-refractivity contribution in [2.75, 3.05) is 13.2 Å². The van der Waals surface area contributed by atoms with Crippen LogP contribution in [-0.4, -0.2) is 37.2 Å². The Morgan fingerprint density at radius 3 is 0.971 bits per heavy atom. The molecule has 0 aliphatic rings. The Labute approximate surface area is 426 Å². The Morgan fingerprint density at radius 1 is 0.304 bits per heavy atom. The molecule has 6 nitrogen and oxygen atoms in total. The topological polar surface area (TPSA) is 78.9 Å². The molecule has 0 rings (SSSR count). The minimum absolute atomic E-state index is 0.106. The molecule has 0 radical (unpaired) electrons. The number of allylic oxidation sites excluding steroid dienone is 16. The van der Waals surface area contributed by atoms with Crippen molar-refractivity contribution in [3.63, 3.8) is 0 Å².